The Morgan fingerprint density at radius 2 is 2.29 bits per heavy atom. The molecule has 1 amide bonds. The van der Waals surface area contributed by atoms with E-state index >= 15 is 0 Å². The van der Waals surface area contributed by atoms with Crippen LogP contribution in [0.2, 0.25) is 0 Å². The Hall–Kier alpha value is -1.82. The molecule has 6 nitrogen and oxygen atoms in total. The summed E-state index contributed by atoms with van der Waals surface area (Å²) < 4.78 is 5.37. The van der Waals surface area contributed by atoms with Gasteiger partial charge in [0.2, 0.25) is 0 Å². The summed E-state index contributed by atoms with van der Waals surface area (Å²) in [5, 5.41) is 3.37. The number of rotatable bonds is 4. The van der Waals surface area contributed by atoms with Crippen LogP contribution in [0.4, 0.5) is 4.79 Å². The number of nitrogens with one attached hydrogen (secondary N) is 2. The second-order valence-electron chi connectivity index (χ2n) is 6.22. The molecule has 2 heterocycles. The normalized spacial score (nSPS) is 15.8. The van der Waals surface area contributed by atoms with Crippen LogP contribution in [0.1, 0.15) is 32.9 Å². The molecule has 0 aromatic carbocycles. The lowest BCUT2D eigenvalue weighted by molar-refractivity contribution is 0.0265. The molecule has 1 aromatic rings. The second-order valence-corrected chi connectivity index (χ2v) is 6.22. The van der Waals surface area contributed by atoms with Gasteiger partial charge in [-0.3, -0.25) is 0 Å². The zero-order valence-corrected chi connectivity index (χ0v) is 13.0. The molecule has 0 unspecified atom stereocenters. The third-order valence-corrected chi connectivity index (χ3v) is 3.18. The summed E-state index contributed by atoms with van der Waals surface area (Å²) >= 11 is 0. The topological polar surface area (TPSA) is 70.2 Å². The highest BCUT2D eigenvalue weighted by Gasteiger charge is 2.23. The second kappa shape index (κ2) is 6.76. The van der Waals surface area contributed by atoms with Crippen molar-refractivity contribution in [1.82, 2.24) is 20.2 Å². The summed E-state index contributed by atoms with van der Waals surface area (Å²) in [4.78, 5) is 20.7. The molecule has 2 N–H and O–H groups in total. The van der Waals surface area contributed by atoms with Gasteiger partial charge in [-0.15, -0.1) is 0 Å². The maximum Gasteiger partial charge on any atom is 0.410 e. The Bertz CT molecular complexity index is 488. The van der Waals surface area contributed by atoms with Gasteiger partial charge in [0.15, 0.2) is 0 Å². The van der Waals surface area contributed by atoms with Gasteiger partial charge in [-0.05, 0) is 27.2 Å². The van der Waals surface area contributed by atoms with Crippen molar-refractivity contribution in [3.05, 3.63) is 29.9 Å². The van der Waals surface area contributed by atoms with E-state index in [0.29, 0.717) is 13.1 Å². The monoisotopic (exact) mass is 292 g/mol. The number of hydrogen-bond donors (Lipinski definition) is 2. The standard InChI is InChI=1S/C15H24N4O2/c1-15(2,3)21-14(20)19-6-4-12(5-7-19)8-16-9-13-10-17-11-18-13/h4,10-11,16H,5-9H2,1-3H3,(H,17,18). The third-order valence-electron chi connectivity index (χ3n) is 3.18. The van der Waals surface area contributed by atoms with Crippen molar-refractivity contribution in [3.63, 3.8) is 0 Å². The van der Waals surface area contributed by atoms with E-state index < -0.39 is 5.60 Å². The molecule has 0 aliphatic carbocycles. The molecule has 0 radical (unpaired) electrons. The van der Waals surface area contributed by atoms with Gasteiger partial charge >= 0.3 is 6.09 Å². The summed E-state index contributed by atoms with van der Waals surface area (Å²) in [5.41, 5.74) is 1.96. The quantitative estimate of drug-likeness (QED) is 0.833. The zero-order valence-electron chi connectivity index (χ0n) is 13.0. The number of imidazole rings is 1. The van der Waals surface area contributed by atoms with E-state index in [4.69, 9.17) is 4.74 Å². The predicted molar refractivity (Wildman–Crippen MR) is 80.8 cm³/mol. The minimum absolute atomic E-state index is 0.233. The molecule has 0 spiro atoms. The van der Waals surface area contributed by atoms with Crippen molar-refractivity contribution >= 4 is 6.09 Å². The first-order valence-electron chi connectivity index (χ1n) is 7.28. The number of aromatic nitrogens is 2. The SMILES string of the molecule is CC(C)(C)OC(=O)N1CC=C(CNCc2cnc[nH]2)CC1. The maximum absolute atomic E-state index is 11.9. The highest BCUT2D eigenvalue weighted by Crippen LogP contribution is 2.15. The summed E-state index contributed by atoms with van der Waals surface area (Å²) in [6, 6.07) is 0. The minimum Gasteiger partial charge on any atom is -0.444 e. The van der Waals surface area contributed by atoms with E-state index in [1.54, 1.807) is 11.2 Å². The van der Waals surface area contributed by atoms with Crippen molar-refractivity contribution < 1.29 is 9.53 Å². The van der Waals surface area contributed by atoms with Crippen LogP contribution in [-0.2, 0) is 11.3 Å². The van der Waals surface area contributed by atoms with Gasteiger partial charge in [-0.1, -0.05) is 11.6 Å². The van der Waals surface area contributed by atoms with E-state index in [0.717, 1.165) is 25.2 Å². The van der Waals surface area contributed by atoms with Crippen LogP contribution in [0.25, 0.3) is 0 Å². The van der Waals surface area contributed by atoms with E-state index in [9.17, 15) is 4.79 Å². The van der Waals surface area contributed by atoms with Crippen molar-refractivity contribution in [3.8, 4) is 0 Å². The number of ether oxygens (including phenoxy) is 1. The van der Waals surface area contributed by atoms with Crippen molar-refractivity contribution in [2.24, 2.45) is 0 Å². The number of nitrogens with zero attached hydrogens (tertiary/aromatic N) is 2. The van der Waals surface area contributed by atoms with Crippen LogP contribution < -0.4 is 5.32 Å². The first-order chi connectivity index (χ1) is 9.94. The average molecular weight is 292 g/mol. The van der Waals surface area contributed by atoms with Crippen molar-refractivity contribution in [1.29, 1.82) is 0 Å². The lowest BCUT2D eigenvalue weighted by Gasteiger charge is -2.29. The van der Waals surface area contributed by atoms with Crippen LogP contribution in [-0.4, -0.2) is 46.2 Å². The Labute approximate surface area is 125 Å². The van der Waals surface area contributed by atoms with Gasteiger partial charge in [0.05, 0.1) is 6.33 Å². The number of carbonyl (C=O) groups excluding carboxylic acids is 1. The number of carbonyl (C=O) groups is 1. The molecule has 21 heavy (non-hydrogen) atoms. The number of H-pyrrole nitrogens is 1. The summed E-state index contributed by atoms with van der Waals surface area (Å²) in [7, 11) is 0. The molecule has 0 saturated heterocycles. The van der Waals surface area contributed by atoms with E-state index in [2.05, 4.69) is 21.4 Å². The molecule has 1 aliphatic rings. The number of aromatic amines is 1. The summed E-state index contributed by atoms with van der Waals surface area (Å²) in [6.07, 6.45) is 6.24. The molecule has 0 saturated carbocycles. The molecule has 116 valence electrons. The van der Waals surface area contributed by atoms with E-state index in [-0.39, 0.29) is 6.09 Å². The smallest absolute Gasteiger partial charge is 0.410 e. The number of hydrogen-bond acceptors (Lipinski definition) is 4. The van der Waals surface area contributed by atoms with Gasteiger partial charge in [-0.2, -0.15) is 0 Å². The lowest BCUT2D eigenvalue weighted by Crippen LogP contribution is -2.39. The van der Waals surface area contributed by atoms with Crippen LogP contribution in [0.5, 0.6) is 0 Å². The van der Waals surface area contributed by atoms with Crippen LogP contribution in [0.3, 0.4) is 0 Å². The Morgan fingerprint density at radius 3 is 2.86 bits per heavy atom. The molecule has 0 atom stereocenters. The van der Waals surface area contributed by atoms with Crippen LogP contribution in [0.15, 0.2) is 24.2 Å². The summed E-state index contributed by atoms with van der Waals surface area (Å²) in [5.74, 6) is 0. The first kappa shape index (κ1) is 15.6. The molecule has 6 heteroatoms. The van der Waals surface area contributed by atoms with Gasteiger partial charge < -0.3 is 19.9 Å². The van der Waals surface area contributed by atoms with E-state index in [1.165, 1.54) is 5.57 Å². The van der Waals surface area contributed by atoms with E-state index in [1.807, 2.05) is 27.0 Å². The molecule has 1 aliphatic heterocycles. The zero-order chi connectivity index (χ0) is 15.3. The molecule has 0 fully saturated rings. The highest BCUT2D eigenvalue weighted by molar-refractivity contribution is 5.68. The van der Waals surface area contributed by atoms with Crippen LogP contribution >= 0.6 is 0 Å². The fourth-order valence-corrected chi connectivity index (χ4v) is 2.10. The molecular formula is C15H24N4O2. The Kier molecular flexibility index (Phi) is 5.01. The van der Waals surface area contributed by atoms with Crippen molar-refractivity contribution in [2.75, 3.05) is 19.6 Å². The summed E-state index contributed by atoms with van der Waals surface area (Å²) in [6.45, 7) is 8.59. The molecule has 2 rings (SSSR count). The Balaban J connectivity index is 1.73. The van der Waals surface area contributed by atoms with Gasteiger partial charge in [0.1, 0.15) is 5.60 Å². The van der Waals surface area contributed by atoms with Gasteiger partial charge in [0.25, 0.3) is 0 Å². The molecule has 0 bridgehead atoms. The van der Waals surface area contributed by atoms with Crippen molar-refractivity contribution in [2.45, 2.75) is 39.3 Å². The Morgan fingerprint density at radius 1 is 1.48 bits per heavy atom. The number of amides is 1. The molecule has 1 aromatic heterocycles. The first-order valence-corrected chi connectivity index (χ1v) is 7.28. The lowest BCUT2D eigenvalue weighted by atomic mass is 10.1. The predicted octanol–water partition coefficient (Wildman–Crippen LogP) is 2.07. The van der Waals surface area contributed by atoms with Gasteiger partial charge in [0, 0.05) is 38.1 Å². The fraction of sp³-hybridized carbons (Fsp3) is 0.600. The highest BCUT2D eigenvalue weighted by atomic mass is 16.6. The maximum atomic E-state index is 11.9. The largest absolute Gasteiger partial charge is 0.444 e. The van der Waals surface area contributed by atoms with Crippen LogP contribution in [0, 0.1) is 0 Å². The fourth-order valence-electron chi connectivity index (χ4n) is 2.10. The van der Waals surface area contributed by atoms with Gasteiger partial charge in [-0.25, -0.2) is 9.78 Å². The average Bonchev–Trinajstić information content (AvgIpc) is 2.91. The molecular weight excluding hydrogens is 268 g/mol. The third kappa shape index (κ3) is 5.23. The minimum atomic E-state index is -0.438.